The molecule has 3 heteroatoms. The van der Waals surface area contributed by atoms with Gasteiger partial charge in [-0.1, -0.05) is 29.4 Å². The Morgan fingerprint density at radius 1 is 1.17 bits per heavy atom. The number of ether oxygens (including phenoxy) is 1. The van der Waals surface area contributed by atoms with E-state index in [1.165, 1.54) is 11.1 Å². The molecule has 2 rings (SSSR count). The Balaban J connectivity index is 1.96. The summed E-state index contributed by atoms with van der Waals surface area (Å²) in [6.45, 7) is 6.71. The third-order valence-corrected chi connectivity index (χ3v) is 4.03. The Morgan fingerprint density at radius 3 is 2.62 bits per heavy atom. The molecule has 0 radical (unpaired) electrons. The average Bonchev–Trinajstić information content (AvgIpc) is 2.92. The number of esters is 1. The van der Waals surface area contributed by atoms with E-state index in [0.29, 0.717) is 12.2 Å². The number of cyclic esters (lactones) is 1. The molecular formula is C21H26O3. The zero-order valence-corrected chi connectivity index (χ0v) is 14.8. The standard InChI is InChI=1S/C21H26O3/c1-15(2)6-4-7-16(3)8-5-9-17-12-18(14-19(22)13-17)20-10-11-24-21(20)23/h6,8,10,12-14,22H,4-5,7,9,11H2,1-3H3/b16-8+. The highest BCUT2D eigenvalue weighted by atomic mass is 16.5. The summed E-state index contributed by atoms with van der Waals surface area (Å²) in [5.74, 6) is -0.131. The van der Waals surface area contributed by atoms with E-state index in [0.717, 1.165) is 36.8 Å². The zero-order chi connectivity index (χ0) is 17.5. The molecular weight excluding hydrogens is 300 g/mol. The molecule has 0 spiro atoms. The van der Waals surface area contributed by atoms with Crippen LogP contribution < -0.4 is 0 Å². The molecule has 1 aromatic rings. The smallest absolute Gasteiger partial charge is 0.338 e. The summed E-state index contributed by atoms with van der Waals surface area (Å²) in [5.41, 5.74) is 5.04. The summed E-state index contributed by atoms with van der Waals surface area (Å²) in [6.07, 6.45) is 10.2. The van der Waals surface area contributed by atoms with E-state index >= 15 is 0 Å². The van der Waals surface area contributed by atoms with E-state index in [1.54, 1.807) is 18.2 Å². The Labute approximate surface area is 144 Å². The van der Waals surface area contributed by atoms with Crippen LogP contribution >= 0.6 is 0 Å². The van der Waals surface area contributed by atoms with Crippen molar-refractivity contribution in [3.05, 3.63) is 58.7 Å². The summed E-state index contributed by atoms with van der Waals surface area (Å²) >= 11 is 0. The fourth-order valence-electron chi connectivity index (χ4n) is 2.75. The normalized spacial score (nSPS) is 14.4. The van der Waals surface area contributed by atoms with Gasteiger partial charge in [-0.2, -0.15) is 0 Å². The van der Waals surface area contributed by atoms with Gasteiger partial charge in [0.2, 0.25) is 0 Å². The van der Waals surface area contributed by atoms with Gasteiger partial charge in [-0.25, -0.2) is 4.79 Å². The average molecular weight is 326 g/mol. The topological polar surface area (TPSA) is 46.5 Å². The minimum Gasteiger partial charge on any atom is -0.508 e. The van der Waals surface area contributed by atoms with Crippen LogP contribution in [-0.2, 0) is 16.0 Å². The second-order valence-corrected chi connectivity index (χ2v) is 6.51. The maximum atomic E-state index is 11.7. The number of hydrogen-bond acceptors (Lipinski definition) is 3. The van der Waals surface area contributed by atoms with E-state index < -0.39 is 0 Å². The summed E-state index contributed by atoms with van der Waals surface area (Å²) in [5, 5.41) is 9.92. The first-order chi connectivity index (χ1) is 11.5. The second kappa shape index (κ2) is 8.53. The first-order valence-electron chi connectivity index (χ1n) is 8.45. The van der Waals surface area contributed by atoms with Crippen molar-refractivity contribution in [1.82, 2.24) is 0 Å². The number of hydrogen-bond donors (Lipinski definition) is 1. The summed E-state index contributed by atoms with van der Waals surface area (Å²) < 4.78 is 4.94. The number of allylic oxidation sites excluding steroid dienone is 4. The van der Waals surface area contributed by atoms with Gasteiger partial charge in [0, 0.05) is 0 Å². The van der Waals surface area contributed by atoms with Gasteiger partial charge in [0.1, 0.15) is 12.4 Å². The number of rotatable bonds is 7. The van der Waals surface area contributed by atoms with Gasteiger partial charge in [-0.3, -0.25) is 0 Å². The molecule has 0 unspecified atom stereocenters. The molecule has 1 heterocycles. The molecule has 0 aliphatic carbocycles. The van der Waals surface area contributed by atoms with Crippen molar-refractivity contribution in [2.45, 2.75) is 46.5 Å². The molecule has 0 bridgehead atoms. The lowest BCUT2D eigenvalue weighted by Crippen LogP contribution is -1.99. The minimum absolute atomic E-state index is 0.187. The minimum atomic E-state index is -0.318. The fourth-order valence-corrected chi connectivity index (χ4v) is 2.75. The molecule has 1 N–H and O–H groups in total. The van der Waals surface area contributed by atoms with Crippen molar-refractivity contribution < 1.29 is 14.6 Å². The second-order valence-electron chi connectivity index (χ2n) is 6.51. The highest BCUT2D eigenvalue weighted by molar-refractivity contribution is 6.18. The van der Waals surface area contributed by atoms with Crippen molar-refractivity contribution in [2.24, 2.45) is 0 Å². The van der Waals surface area contributed by atoms with Gasteiger partial charge < -0.3 is 9.84 Å². The number of carbonyl (C=O) groups excluding carboxylic acids is 1. The molecule has 0 aromatic heterocycles. The maximum Gasteiger partial charge on any atom is 0.338 e. The zero-order valence-electron chi connectivity index (χ0n) is 14.8. The molecule has 1 aliphatic heterocycles. The number of benzene rings is 1. The molecule has 1 aliphatic rings. The molecule has 1 aromatic carbocycles. The Bertz CT molecular complexity index is 689. The molecule has 24 heavy (non-hydrogen) atoms. The van der Waals surface area contributed by atoms with E-state index in [1.807, 2.05) is 6.07 Å². The first-order valence-corrected chi connectivity index (χ1v) is 8.45. The Kier molecular flexibility index (Phi) is 6.42. The number of aromatic hydroxyl groups is 1. The van der Waals surface area contributed by atoms with Gasteiger partial charge in [-0.05, 0) is 75.8 Å². The molecule has 0 atom stereocenters. The largest absolute Gasteiger partial charge is 0.508 e. The predicted molar refractivity (Wildman–Crippen MR) is 97.8 cm³/mol. The molecule has 0 saturated carbocycles. The lowest BCUT2D eigenvalue weighted by molar-refractivity contribution is -0.133. The van der Waals surface area contributed by atoms with E-state index in [-0.39, 0.29) is 11.7 Å². The van der Waals surface area contributed by atoms with Gasteiger partial charge in [0.05, 0.1) is 5.57 Å². The molecule has 128 valence electrons. The maximum absolute atomic E-state index is 11.7. The van der Waals surface area contributed by atoms with Crippen molar-refractivity contribution in [1.29, 1.82) is 0 Å². The van der Waals surface area contributed by atoms with Crippen molar-refractivity contribution in [2.75, 3.05) is 6.61 Å². The molecule has 0 saturated heterocycles. The number of phenols is 1. The van der Waals surface area contributed by atoms with E-state index in [4.69, 9.17) is 4.74 Å². The van der Waals surface area contributed by atoms with Gasteiger partial charge in [0.25, 0.3) is 0 Å². The lowest BCUT2D eigenvalue weighted by atomic mass is 10.00. The number of carbonyl (C=O) groups is 1. The number of aryl methyl sites for hydroxylation is 1. The highest BCUT2D eigenvalue weighted by Gasteiger charge is 2.19. The van der Waals surface area contributed by atoms with Crippen LogP contribution in [-0.4, -0.2) is 17.7 Å². The van der Waals surface area contributed by atoms with Gasteiger partial charge in [-0.15, -0.1) is 0 Å². The van der Waals surface area contributed by atoms with Crippen LogP contribution in [0.15, 0.2) is 47.6 Å². The van der Waals surface area contributed by atoms with Crippen LogP contribution in [0.25, 0.3) is 5.57 Å². The predicted octanol–water partition coefficient (Wildman–Crippen LogP) is 4.96. The first kappa shape index (κ1) is 18.1. The van der Waals surface area contributed by atoms with Crippen LogP contribution in [0, 0.1) is 0 Å². The van der Waals surface area contributed by atoms with Gasteiger partial charge >= 0.3 is 5.97 Å². The van der Waals surface area contributed by atoms with E-state index in [9.17, 15) is 9.90 Å². The van der Waals surface area contributed by atoms with Crippen LogP contribution in [0.4, 0.5) is 0 Å². The summed E-state index contributed by atoms with van der Waals surface area (Å²) in [6, 6.07) is 5.34. The summed E-state index contributed by atoms with van der Waals surface area (Å²) in [4.78, 5) is 11.7. The quantitative estimate of drug-likeness (QED) is 0.569. The molecule has 0 fully saturated rings. The third-order valence-electron chi connectivity index (χ3n) is 4.03. The fraction of sp³-hybridized carbons (Fsp3) is 0.381. The van der Waals surface area contributed by atoms with Gasteiger partial charge in [0.15, 0.2) is 0 Å². The van der Waals surface area contributed by atoms with Crippen LogP contribution in [0.1, 0.15) is 51.2 Å². The van der Waals surface area contributed by atoms with Crippen LogP contribution in [0.2, 0.25) is 0 Å². The van der Waals surface area contributed by atoms with Crippen molar-refractivity contribution >= 4 is 11.5 Å². The SMILES string of the molecule is CC(C)=CCC/C(C)=C/CCc1cc(O)cc(C2=CCOC2=O)c1. The lowest BCUT2D eigenvalue weighted by Gasteiger charge is -2.06. The van der Waals surface area contributed by atoms with Crippen molar-refractivity contribution in [3.63, 3.8) is 0 Å². The Hall–Kier alpha value is -2.29. The summed E-state index contributed by atoms with van der Waals surface area (Å²) in [7, 11) is 0. The van der Waals surface area contributed by atoms with E-state index in [2.05, 4.69) is 32.9 Å². The van der Waals surface area contributed by atoms with Crippen molar-refractivity contribution in [3.8, 4) is 5.75 Å². The highest BCUT2D eigenvalue weighted by Crippen LogP contribution is 2.26. The van der Waals surface area contributed by atoms with Crippen LogP contribution in [0.5, 0.6) is 5.75 Å². The van der Waals surface area contributed by atoms with Crippen LogP contribution in [0.3, 0.4) is 0 Å². The number of phenolic OH excluding ortho intramolecular Hbond substituents is 1. The monoisotopic (exact) mass is 326 g/mol. The molecule has 3 nitrogen and oxygen atoms in total. The Morgan fingerprint density at radius 2 is 1.96 bits per heavy atom. The third kappa shape index (κ3) is 5.41. The molecule has 0 amide bonds.